The van der Waals surface area contributed by atoms with E-state index in [4.69, 9.17) is 42.6 Å². The Kier molecular flexibility index (Phi) is 22.2. The molecule has 11 nitrogen and oxygen atoms in total. The Morgan fingerprint density at radius 3 is 1.69 bits per heavy atom. The van der Waals surface area contributed by atoms with Crippen LogP contribution < -0.4 is 5.32 Å². The number of carbonyl (C=O) groups excluding carboxylic acids is 1. The molecule has 0 aromatic heterocycles. The standard InChI is InChI=1S/C40H68FNO10/c1-7-12-22-44-27-31-34(46-24-14-9-3)37(48-26-16-11-5)38(49-29(6)43)40(51-31)52-35-32(28-45-23-13-8-2)50-39(41)33(36(35)47-25-15-10-4)42-30-20-18-17-19-21-30/h17-21,31-40,42H,7-16,22-28H2,1-6H3/t31?,32?,33?,34-,35+,36?,37?,38?,39+,40-/m0/s1. The van der Waals surface area contributed by atoms with Crippen LogP contribution in [0.3, 0.4) is 0 Å². The van der Waals surface area contributed by atoms with Gasteiger partial charge in [-0.2, -0.15) is 0 Å². The minimum atomic E-state index is -1.73. The van der Waals surface area contributed by atoms with Gasteiger partial charge in [-0.05, 0) is 44.2 Å². The molecule has 2 fully saturated rings. The first-order chi connectivity index (χ1) is 25.4. The second kappa shape index (κ2) is 26.0. The van der Waals surface area contributed by atoms with Crippen molar-refractivity contribution < 1.29 is 51.8 Å². The number of rotatable bonds is 27. The first-order valence-corrected chi connectivity index (χ1v) is 20.0. The highest BCUT2D eigenvalue weighted by Gasteiger charge is 2.54. The molecule has 2 aliphatic heterocycles. The predicted octanol–water partition coefficient (Wildman–Crippen LogP) is 7.39. The van der Waals surface area contributed by atoms with Crippen LogP contribution in [0.5, 0.6) is 0 Å². The third kappa shape index (κ3) is 14.7. The predicted molar refractivity (Wildman–Crippen MR) is 198 cm³/mol. The van der Waals surface area contributed by atoms with Crippen LogP contribution in [0.4, 0.5) is 10.1 Å². The Morgan fingerprint density at radius 1 is 0.654 bits per heavy atom. The molecule has 0 radical (unpaired) electrons. The van der Waals surface area contributed by atoms with E-state index in [-0.39, 0.29) is 13.2 Å². The number of halogens is 1. The molecule has 2 aliphatic rings. The van der Waals surface area contributed by atoms with Gasteiger partial charge in [0, 0.05) is 45.6 Å². The zero-order chi connectivity index (χ0) is 37.6. The van der Waals surface area contributed by atoms with Crippen LogP contribution in [0.1, 0.15) is 106 Å². The Balaban J connectivity index is 2.05. The maximum atomic E-state index is 16.2. The average Bonchev–Trinajstić information content (AvgIpc) is 3.13. The van der Waals surface area contributed by atoms with E-state index in [1.807, 2.05) is 30.3 Å². The zero-order valence-electron chi connectivity index (χ0n) is 32.6. The molecule has 3 rings (SSSR count). The van der Waals surface area contributed by atoms with E-state index in [0.29, 0.717) is 38.7 Å². The van der Waals surface area contributed by atoms with Crippen LogP contribution in [0.15, 0.2) is 30.3 Å². The lowest BCUT2D eigenvalue weighted by Crippen LogP contribution is -2.66. The fourth-order valence-corrected chi connectivity index (χ4v) is 6.23. The van der Waals surface area contributed by atoms with Gasteiger partial charge in [0.25, 0.3) is 0 Å². The first-order valence-electron chi connectivity index (χ1n) is 20.0. The number of benzene rings is 1. The molecule has 6 unspecified atom stereocenters. The van der Waals surface area contributed by atoms with Crippen LogP contribution >= 0.6 is 0 Å². The number of ether oxygens (including phenoxy) is 9. The maximum absolute atomic E-state index is 16.2. The Morgan fingerprint density at radius 2 is 1.15 bits per heavy atom. The fourth-order valence-electron chi connectivity index (χ4n) is 6.23. The molecule has 0 saturated carbocycles. The van der Waals surface area contributed by atoms with Gasteiger partial charge in [-0.15, -0.1) is 0 Å². The van der Waals surface area contributed by atoms with Crippen molar-refractivity contribution >= 4 is 11.7 Å². The van der Waals surface area contributed by atoms with Crippen molar-refractivity contribution in [2.45, 2.75) is 167 Å². The summed E-state index contributed by atoms with van der Waals surface area (Å²) in [6.45, 7) is 14.4. The lowest BCUT2D eigenvalue weighted by atomic mass is 9.95. The van der Waals surface area contributed by atoms with Crippen LogP contribution in [0.25, 0.3) is 0 Å². The summed E-state index contributed by atoms with van der Waals surface area (Å²) in [4.78, 5) is 12.7. The third-order valence-electron chi connectivity index (χ3n) is 9.20. The molecule has 52 heavy (non-hydrogen) atoms. The van der Waals surface area contributed by atoms with Gasteiger partial charge in [0.2, 0.25) is 6.36 Å². The van der Waals surface area contributed by atoms with Gasteiger partial charge in [-0.25, -0.2) is 4.39 Å². The lowest BCUT2D eigenvalue weighted by Gasteiger charge is -2.49. The SMILES string of the molecule is CCCCOCC1O[C@@H](F)C(Nc2ccccc2)C(OCCCC)[C@@H]1O[C@@H]1OC(COCCCC)[C@H](OCCCC)C(OCCCC)C1OC(C)=O. The summed E-state index contributed by atoms with van der Waals surface area (Å²) in [7, 11) is 0. The Hall–Kier alpha value is -1.90. The molecule has 0 amide bonds. The molecule has 0 aliphatic carbocycles. The number of hydrogen-bond donors (Lipinski definition) is 1. The monoisotopic (exact) mass is 741 g/mol. The van der Waals surface area contributed by atoms with E-state index in [1.165, 1.54) is 6.92 Å². The van der Waals surface area contributed by atoms with Crippen molar-refractivity contribution in [1.29, 1.82) is 0 Å². The van der Waals surface area contributed by atoms with Gasteiger partial charge in [-0.3, -0.25) is 4.79 Å². The highest BCUT2D eigenvalue weighted by Crippen LogP contribution is 2.35. The quantitative estimate of drug-likeness (QED) is 0.0720. The van der Waals surface area contributed by atoms with Crippen molar-refractivity contribution in [3.05, 3.63) is 30.3 Å². The molecular formula is C40H68FNO10. The number of para-hydroxylation sites is 1. The van der Waals surface area contributed by atoms with E-state index in [9.17, 15) is 4.79 Å². The van der Waals surface area contributed by atoms with Gasteiger partial charge in [0.05, 0.1) is 13.2 Å². The maximum Gasteiger partial charge on any atom is 0.303 e. The third-order valence-corrected chi connectivity index (χ3v) is 9.20. The molecule has 300 valence electrons. The van der Waals surface area contributed by atoms with Crippen LogP contribution in [-0.2, 0) is 47.4 Å². The minimum absolute atomic E-state index is 0.0739. The van der Waals surface area contributed by atoms with E-state index in [0.717, 1.165) is 64.2 Å². The van der Waals surface area contributed by atoms with Gasteiger partial charge < -0.3 is 47.9 Å². The summed E-state index contributed by atoms with van der Waals surface area (Å²) in [5.74, 6) is -0.515. The number of nitrogens with one attached hydrogen (secondary N) is 1. The zero-order valence-corrected chi connectivity index (χ0v) is 32.6. The van der Waals surface area contributed by atoms with E-state index in [2.05, 4.69) is 39.9 Å². The smallest absolute Gasteiger partial charge is 0.303 e. The van der Waals surface area contributed by atoms with Crippen LogP contribution in [-0.4, -0.2) is 114 Å². The largest absolute Gasteiger partial charge is 0.454 e. The molecule has 12 heteroatoms. The molecule has 1 aromatic rings. The summed E-state index contributed by atoms with van der Waals surface area (Å²) in [5.41, 5.74) is 0.715. The van der Waals surface area contributed by atoms with Gasteiger partial charge >= 0.3 is 5.97 Å². The van der Waals surface area contributed by atoms with Crippen molar-refractivity contribution in [1.82, 2.24) is 0 Å². The Labute approximate surface area is 312 Å². The van der Waals surface area contributed by atoms with Gasteiger partial charge in [0.1, 0.15) is 42.7 Å². The summed E-state index contributed by atoms with van der Waals surface area (Å²) in [6, 6.07) is 8.46. The van der Waals surface area contributed by atoms with Crippen LogP contribution in [0, 0.1) is 0 Å². The Bertz CT molecular complexity index is 1060. The van der Waals surface area contributed by atoms with E-state index < -0.39 is 67.4 Å². The molecule has 1 N–H and O–H groups in total. The van der Waals surface area contributed by atoms with Crippen molar-refractivity contribution in [2.24, 2.45) is 0 Å². The summed E-state index contributed by atoms with van der Waals surface area (Å²) >= 11 is 0. The molecular weight excluding hydrogens is 673 g/mol. The molecule has 2 saturated heterocycles. The molecule has 1 aromatic carbocycles. The van der Waals surface area contributed by atoms with E-state index >= 15 is 4.39 Å². The second-order valence-electron chi connectivity index (χ2n) is 13.7. The van der Waals surface area contributed by atoms with E-state index in [1.54, 1.807) is 0 Å². The average molecular weight is 742 g/mol. The highest BCUT2D eigenvalue weighted by molar-refractivity contribution is 5.66. The van der Waals surface area contributed by atoms with Crippen molar-refractivity contribution in [3.8, 4) is 0 Å². The van der Waals surface area contributed by atoms with Gasteiger partial charge in [0.15, 0.2) is 12.4 Å². The van der Waals surface area contributed by atoms with Gasteiger partial charge in [-0.1, -0.05) is 84.9 Å². The summed E-state index contributed by atoms with van der Waals surface area (Å²) in [6.07, 6.45) is 0.506. The number of anilines is 1. The summed E-state index contributed by atoms with van der Waals surface area (Å²) < 4.78 is 73.5. The number of hydrogen-bond acceptors (Lipinski definition) is 11. The van der Waals surface area contributed by atoms with Crippen molar-refractivity contribution in [2.75, 3.05) is 51.6 Å². The molecule has 0 spiro atoms. The molecule has 0 bridgehead atoms. The normalized spacial score (nSPS) is 29.2. The highest BCUT2D eigenvalue weighted by atomic mass is 19.1. The van der Waals surface area contributed by atoms with Crippen molar-refractivity contribution in [3.63, 3.8) is 0 Å². The first kappa shape index (κ1) is 44.5. The molecule has 10 atom stereocenters. The number of carbonyl (C=O) groups is 1. The topological polar surface area (TPSA) is 112 Å². The molecule has 2 heterocycles. The number of alkyl halides is 1. The van der Waals surface area contributed by atoms with Crippen LogP contribution in [0.2, 0.25) is 0 Å². The lowest BCUT2D eigenvalue weighted by molar-refractivity contribution is -0.351. The summed E-state index contributed by atoms with van der Waals surface area (Å²) in [5, 5.41) is 3.31. The fraction of sp³-hybridized carbons (Fsp3) is 0.825. The number of esters is 1. The minimum Gasteiger partial charge on any atom is -0.454 e. The second-order valence-corrected chi connectivity index (χ2v) is 13.7. The number of unbranched alkanes of at least 4 members (excludes halogenated alkanes) is 5.